The van der Waals surface area contributed by atoms with Crippen LogP contribution in [0, 0.1) is 0 Å². The predicted molar refractivity (Wildman–Crippen MR) is 69.8 cm³/mol. The first-order valence-corrected chi connectivity index (χ1v) is 7.08. The highest BCUT2D eigenvalue weighted by molar-refractivity contribution is 8.00. The molecule has 76 valence electrons. The van der Waals surface area contributed by atoms with Gasteiger partial charge in [0.15, 0.2) is 0 Å². The maximum absolute atomic E-state index is 3.27. The van der Waals surface area contributed by atoms with Crippen molar-refractivity contribution in [2.45, 2.75) is 0 Å². The summed E-state index contributed by atoms with van der Waals surface area (Å²) < 4.78 is 0. The molecule has 5 heteroatoms. The SMILES string of the molecule is C1=C(c2cccs2)N(c2cccs2)NS1. The molecule has 0 atom stereocenters. The van der Waals surface area contributed by atoms with E-state index in [0.717, 1.165) is 0 Å². The van der Waals surface area contributed by atoms with Gasteiger partial charge in [0.2, 0.25) is 0 Å². The van der Waals surface area contributed by atoms with E-state index in [2.05, 4.69) is 50.3 Å². The molecule has 0 aromatic carbocycles. The Balaban J connectivity index is 1.96. The van der Waals surface area contributed by atoms with Crippen molar-refractivity contribution in [3.63, 3.8) is 0 Å². The number of hydrogen-bond donors (Lipinski definition) is 1. The first kappa shape index (κ1) is 9.47. The van der Waals surface area contributed by atoms with E-state index in [-0.39, 0.29) is 0 Å². The minimum Gasteiger partial charge on any atom is -0.255 e. The summed E-state index contributed by atoms with van der Waals surface area (Å²) in [5.41, 5.74) is 1.23. The molecule has 1 aliphatic rings. The molecule has 2 nitrogen and oxygen atoms in total. The van der Waals surface area contributed by atoms with Crippen LogP contribution < -0.4 is 9.84 Å². The van der Waals surface area contributed by atoms with Crippen LogP contribution in [0.3, 0.4) is 0 Å². The van der Waals surface area contributed by atoms with E-state index < -0.39 is 0 Å². The van der Waals surface area contributed by atoms with Crippen LogP contribution in [-0.4, -0.2) is 0 Å². The molecule has 0 saturated heterocycles. The summed E-state index contributed by atoms with van der Waals surface area (Å²) in [4.78, 5) is 4.56. The van der Waals surface area contributed by atoms with Crippen LogP contribution in [0.1, 0.15) is 4.88 Å². The first-order valence-electron chi connectivity index (χ1n) is 4.44. The number of anilines is 1. The molecule has 0 aliphatic carbocycles. The molecule has 2 aromatic heterocycles. The summed E-state index contributed by atoms with van der Waals surface area (Å²) >= 11 is 5.11. The fraction of sp³-hybridized carbons (Fsp3) is 0. The quantitative estimate of drug-likeness (QED) is 0.819. The smallest absolute Gasteiger partial charge is 0.111 e. The van der Waals surface area contributed by atoms with Crippen LogP contribution in [0.15, 0.2) is 40.4 Å². The second-order valence-electron chi connectivity index (χ2n) is 2.98. The average molecular weight is 252 g/mol. The lowest BCUT2D eigenvalue weighted by Crippen LogP contribution is -2.25. The van der Waals surface area contributed by atoms with Crippen molar-refractivity contribution in [1.29, 1.82) is 0 Å². The van der Waals surface area contributed by atoms with E-state index in [1.165, 1.54) is 15.6 Å². The van der Waals surface area contributed by atoms with Crippen molar-refractivity contribution in [3.05, 3.63) is 45.3 Å². The van der Waals surface area contributed by atoms with Gasteiger partial charge in [-0.2, -0.15) is 4.83 Å². The Kier molecular flexibility index (Phi) is 2.54. The molecular formula is C10H8N2S3. The third kappa shape index (κ3) is 1.72. The highest BCUT2D eigenvalue weighted by Crippen LogP contribution is 2.35. The Morgan fingerprint density at radius 1 is 1.07 bits per heavy atom. The zero-order chi connectivity index (χ0) is 10.1. The third-order valence-electron chi connectivity index (χ3n) is 2.06. The molecule has 0 radical (unpaired) electrons. The average Bonchev–Trinajstić information content (AvgIpc) is 3.01. The lowest BCUT2D eigenvalue weighted by atomic mass is 10.3. The number of hydrazine groups is 1. The number of rotatable bonds is 2. The summed E-state index contributed by atoms with van der Waals surface area (Å²) in [5.74, 6) is 0. The molecule has 0 fully saturated rings. The highest BCUT2D eigenvalue weighted by atomic mass is 32.2. The molecule has 1 aliphatic heterocycles. The molecule has 0 spiro atoms. The normalized spacial score (nSPS) is 15.7. The molecule has 3 rings (SSSR count). The summed E-state index contributed by atoms with van der Waals surface area (Å²) in [6.45, 7) is 0. The summed E-state index contributed by atoms with van der Waals surface area (Å²) in [6, 6.07) is 8.41. The van der Waals surface area contributed by atoms with Gasteiger partial charge in [0, 0.05) is 5.41 Å². The molecule has 2 aromatic rings. The van der Waals surface area contributed by atoms with Crippen LogP contribution >= 0.6 is 34.6 Å². The minimum atomic E-state index is 1.22. The first-order chi connectivity index (χ1) is 7.45. The van der Waals surface area contributed by atoms with Gasteiger partial charge in [0.05, 0.1) is 10.6 Å². The van der Waals surface area contributed by atoms with E-state index in [1.807, 2.05) is 0 Å². The monoisotopic (exact) mass is 252 g/mol. The Bertz CT molecular complexity index is 459. The second kappa shape index (κ2) is 4.02. The van der Waals surface area contributed by atoms with Crippen molar-refractivity contribution in [2.24, 2.45) is 0 Å². The Morgan fingerprint density at radius 2 is 1.93 bits per heavy atom. The summed E-state index contributed by atoms with van der Waals surface area (Å²) in [5, 5.41) is 9.68. The Hall–Kier alpha value is -0.750. The van der Waals surface area contributed by atoms with Crippen LogP contribution in [0.2, 0.25) is 0 Å². The largest absolute Gasteiger partial charge is 0.255 e. The van der Waals surface area contributed by atoms with Gasteiger partial charge in [0.25, 0.3) is 0 Å². The molecule has 3 heterocycles. The number of hydrogen-bond acceptors (Lipinski definition) is 5. The van der Waals surface area contributed by atoms with E-state index in [4.69, 9.17) is 0 Å². The summed E-state index contributed by atoms with van der Waals surface area (Å²) in [6.07, 6.45) is 0. The molecule has 0 unspecified atom stereocenters. The fourth-order valence-electron chi connectivity index (χ4n) is 1.39. The predicted octanol–water partition coefficient (Wildman–Crippen LogP) is 3.78. The maximum Gasteiger partial charge on any atom is 0.111 e. The molecule has 0 bridgehead atoms. The fourth-order valence-corrected chi connectivity index (χ4v) is 3.66. The van der Waals surface area contributed by atoms with Crippen molar-refractivity contribution in [1.82, 2.24) is 4.83 Å². The van der Waals surface area contributed by atoms with Gasteiger partial charge in [-0.05, 0) is 40.9 Å². The van der Waals surface area contributed by atoms with Crippen LogP contribution in [-0.2, 0) is 0 Å². The molecule has 15 heavy (non-hydrogen) atoms. The van der Waals surface area contributed by atoms with Crippen LogP contribution in [0.4, 0.5) is 5.00 Å². The van der Waals surface area contributed by atoms with Gasteiger partial charge in [-0.15, -0.1) is 22.7 Å². The lowest BCUT2D eigenvalue weighted by Gasteiger charge is -2.18. The second-order valence-corrected chi connectivity index (χ2v) is 5.50. The van der Waals surface area contributed by atoms with Gasteiger partial charge in [-0.1, -0.05) is 6.07 Å². The number of nitrogens with one attached hydrogen (secondary N) is 1. The van der Waals surface area contributed by atoms with Gasteiger partial charge in [-0.3, -0.25) is 5.01 Å². The van der Waals surface area contributed by atoms with Gasteiger partial charge >= 0.3 is 0 Å². The van der Waals surface area contributed by atoms with E-state index in [9.17, 15) is 0 Å². The molecular weight excluding hydrogens is 244 g/mol. The van der Waals surface area contributed by atoms with E-state index >= 15 is 0 Å². The van der Waals surface area contributed by atoms with Crippen molar-refractivity contribution in [3.8, 4) is 0 Å². The van der Waals surface area contributed by atoms with E-state index in [1.54, 1.807) is 34.6 Å². The third-order valence-corrected chi connectivity index (χ3v) is 4.43. The Labute approximate surface area is 100 Å². The maximum atomic E-state index is 3.27. The van der Waals surface area contributed by atoms with Gasteiger partial charge in [0.1, 0.15) is 5.00 Å². The zero-order valence-corrected chi connectivity index (χ0v) is 10.2. The van der Waals surface area contributed by atoms with Crippen molar-refractivity contribution >= 4 is 45.3 Å². The van der Waals surface area contributed by atoms with Gasteiger partial charge in [-0.25, -0.2) is 0 Å². The van der Waals surface area contributed by atoms with E-state index in [0.29, 0.717) is 0 Å². The van der Waals surface area contributed by atoms with Crippen LogP contribution in [0.25, 0.3) is 5.70 Å². The van der Waals surface area contributed by atoms with Gasteiger partial charge < -0.3 is 0 Å². The minimum absolute atomic E-state index is 1.22. The zero-order valence-electron chi connectivity index (χ0n) is 7.71. The molecule has 0 amide bonds. The Morgan fingerprint density at radius 3 is 2.67 bits per heavy atom. The molecule has 0 saturated carbocycles. The number of thiophene rings is 2. The van der Waals surface area contributed by atoms with Crippen molar-refractivity contribution in [2.75, 3.05) is 5.01 Å². The van der Waals surface area contributed by atoms with Crippen molar-refractivity contribution < 1.29 is 0 Å². The molecule has 1 N–H and O–H groups in total. The highest BCUT2D eigenvalue weighted by Gasteiger charge is 2.20. The lowest BCUT2D eigenvalue weighted by molar-refractivity contribution is 1.04. The number of nitrogens with zero attached hydrogens (tertiary/aromatic N) is 1. The summed E-state index contributed by atoms with van der Waals surface area (Å²) in [7, 11) is 0. The standard InChI is InChI=1S/C10H8N2S3/c1-3-9(13-5-1)8-7-15-11-12(8)10-4-2-6-14-10/h1-7,11H. The topological polar surface area (TPSA) is 15.3 Å². The van der Waals surface area contributed by atoms with Crippen LogP contribution in [0.5, 0.6) is 0 Å².